The minimum atomic E-state index is -0.520. The van der Waals surface area contributed by atoms with E-state index in [1.165, 1.54) is 6.92 Å². The predicted octanol–water partition coefficient (Wildman–Crippen LogP) is 1.52. The number of amides is 2. The van der Waals surface area contributed by atoms with Gasteiger partial charge in [0.15, 0.2) is 0 Å². The van der Waals surface area contributed by atoms with Crippen molar-refractivity contribution in [2.45, 2.75) is 32.3 Å². The van der Waals surface area contributed by atoms with Gasteiger partial charge in [0.05, 0.1) is 13.1 Å². The highest BCUT2D eigenvalue weighted by Crippen LogP contribution is 2.26. The molecule has 1 N–H and O–H groups in total. The van der Waals surface area contributed by atoms with Gasteiger partial charge >= 0.3 is 0 Å². The van der Waals surface area contributed by atoms with Gasteiger partial charge in [-0.2, -0.15) is 0 Å². The lowest BCUT2D eigenvalue weighted by Gasteiger charge is -2.41. The van der Waals surface area contributed by atoms with Gasteiger partial charge in [-0.3, -0.25) is 9.59 Å². The Morgan fingerprint density at radius 1 is 1.38 bits per heavy atom. The third-order valence-corrected chi connectivity index (χ3v) is 4.31. The first-order valence-corrected chi connectivity index (χ1v) is 8.21. The van der Waals surface area contributed by atoms with Crippen molar-refractivity contribution in [1.29, 1.82) is 0 Å². The van der Waals surface area contributed by atoms with Gasteiger partial charge in [0, 0.05) is 20.6 Å². The molecule has 24 heavy (non-hydrogen) atoms. The number of carbonyl (C=O) groups is 2. The molecule has 2 amide bonds. The molecular formula is C18H26N2O4. The smallest absolute Gasteiger partial charge is 0.242 e. The van der Waals surface area contributed by atoms with Crippen LogP contribution in [0.2, 0.25) is 0 Å². The molecule has 1 aliphatic rings. The standard InChI is InChI=1S/C18H26N2O4/c1-14-6-4-7-16(10-14)24-13-18(23-3)8-5-9-20(12-18)17(22)11-19-15(2)21/h4,6-7,10H,5,8-9,11-13H2,1-3H3,(H,19,21)/t18-/m1/s1. The summed E-state index contributed by atoms with van der Waals surface area (Å²) < 4.78 is 11.6. The Kier molecular flexibility index (Phi) is 6.20. The van der Waals surface area contributed by atoms with Crippen LogP contribution in [-0.4, -0.2) is 55.7 Å². The first-order valence-electron chi connectivity index (χ1n) is 8.21. The van der Waals surface area contributed by atoms with Gasteiger partial charge in [0.25, 0.3) is 0 Å². The van der Waals surface area contributed by atoms with Crippen molar-refractivity contribution in [2.75, 3.05) is 33.4 Å². The highest BCUT2D eigenvalue weighted by Gasteiger charge is 2.38. The Labute approximate surface area is 143 Å². The zero-order chi connectivity index (χ0) is 17.6. The van der Waals surface area contributed by atoms with Crippen LogP contribution in [0.4, 0.5) is 0 Å². The number of benzene rings is 1. The predicted molar refractivity (Wildman–Crippen MR) is 90.9 cm³/mol. The number of nitrogens with zero attached hydrogens (tertiary/aromatic N) is 1. The highest BCUT2D eigenvalue weighted by atomic mass is 16.5. The van der Waals surface area contributed by atoms with Crippen LogP contribution in [0, 0.1) is 6.92 Å². The summed E-state index contributed by atoms with van der Waals surface area (Å²) >= 11 is 0. The number of methoxy groups -OCH3 is 1. The van der Waals surface area contributed by atoms with Crippen molar-refractivity contribution in [3.05, 3.63) is 29.8 Å². The van der Waals surface area contributed by atoms with E-state index in [2.05, 4.69) is 5.32 Å². The van der Waals surface area contributed by atoms with Crippen LogP contribution < -0.4 is 10.1 Å². The summed E-state index contributed by atoms with van der Waals surface area (Å²) in [5.74, 6) is 0.496. The molecule has 1 aliphatic heterocycles. The molecule has 0 unspecified atom stereocenters. The van der Waals surface area contributed by atoms with Crippen LogP contribution in [0.3, 0.4) is 0 Å². The number of aryl methyl sites for hydroxylation is 1. The van der Waals surface area contributed by atoms with E-state index in [9.17, 15) is 9.59 Å². The minimum Gasteiger partial charge on any atom is -0.491 e. The molecule has 0 saturated carbocycles. The van der Waals surface area contributed by atoms with Crippen molar-refractivity contribution in [3.8, 4) is 5.75 Å². The molecule has 2 rings (SSSR count). The second-order valence-corrected chi connectivity index (χ2v) is 6.32. The van der Waals surface area contributed by atoms with Gasteiger partial charge in [0.2, 0.25) is 11.8 Å². The number of hydrogen-bond donors (Lipinski definition) is 1. The van der Waals surface area contributed by atoms with Crippen LogP contribution in [0.25, 0.3) is 0 Å². The van der Waals surface area contributed by atoms with Gasteiger partial charge in [-0.05, 0) is 37.5 Å². The Morgan fingerprint density at radius 2 is 2.17 bits per heavy atom. The number of carbonyl (C=O) groups excluding carboxylic acids is 2. The molecule has 0 radical (unpaired) electrons. The Bertz CT molecular complexity index is 590. The van der Waals surface area contributed by atoms with Gasteiger partial charge in [-0.15, -0.1) is 0 Å². The normalized spacial score (nSPS) is 20.5. The summed E-state index contributed by atoms with van der Waals surface area (Å²) in [7, 11) is 1.65. The molecule has 0 aromatic heterocycles. The SMILES string of the molecule is CO[C@]1(COc2cccc(C)c2)CCCN(C(=O)CNC(C)=O)C1. The van der Waals surface area contributed by atoms with E-state index in [1.54, 1.807) is 12.0 Å². The van der Waals surface area contributed by atoms with Gasteiger partial charge in [-0.25, -0.2) is 0 Å². The van der Waals surface area contributed by atoms with E-state index >= 15 is 0 Å². The second kappa shape index (κ2) is 8.15. The van der Waals surface area contributed by atoms with Crippen LogP contribution in [0.15, 0.2) is 24.3 Å². The average molecular weight is 334 g/mol. The van der Waals surface area contributed by atoms with E-state index in [1.807, 2.05) is 31.2 Å². The third-order valence-electron chi connectivity index (χ3n) is 4.31. The molecule has 0 bridgehead atoms. The van der Waals surface area contributed by atoms with Gasteiger partial charge < -0.3 is 19.7 Å². The van der Waals surface area contributed by atoms with Gasteiger partial charge in [0.1, 0.15) is 18.0 Å². The molecule has 1 aromatic rings. The monoisotopic (exact) mass is 334 g/mol. The van der Waals surface area contributed by atoms with Crippen molar-refractivity contribution in [2.24, 2.45) is 0 Å². The maximum Gasteiger partial charge on any atom is 0.242 e. The fourth-order valence-corrected chi connectivity index (χ4v) is 2.89. The largest absolute Gasteiger partial charge is 0.491 e. The molecule has 1 aromatic carbocycles. The molecule has 1 saturated heterocycles. The number of piperidine rings is 1. The summed E-state index contributed by atoms with van der Waals surface area (Å²) in [4.78, 5) is 25.0. The van der Waals surface area contributed by atoms with Crippen molar-refractivity contribution in [3.63, 3.8) is 0 Å². The molecule has 0 aliphatic carbocycles. The molecule has 1 atom stereocenters. The number of ether oxygens (including phenoxy) is 2. The summed E-state index contributed by atoms with van der Waals surface area (Å²) in [6.07, 6.45) is 1.68. The Morgan fingerprint density at radius 3 is 2.83 bits per heavy atom. The van der Waals surface area contributed by atoms with E-state index in [4.69, 9.17) is 9.47 Å². The highest BCUT2D eigenvalue weighted by molar-refractivity contribution is 5.83. The van der Waals surface area contributed by atoms with Gasteiger partial charge in [-0.1, -0.05) is 12.1 Å². The Hall–Kier alpha value is -2.08. The zero-order valence-electron chi connectivity index (χ0n) is 14.6. The van der Waals surface area contributed by atoms with Crippen LogP contribution in [-0.2, 0) is 14.3 Å². The number of rotatable bonds is 6. The Balaban J connectivity index is 1.97. The molecule has 6 heteroatoms. The van der Waals surface area contributed by atoms with Crippen molar-refractivity contribution >= 4 is 11.8 Å². The van der Waals surface area contributed by atoms with Crippen LogP contribution in [0.5, 0.6) is 5.75 Å². The fourth-order valence-electron chi connectivity index (χ4n) is 2.89. The second-order valence-electron chi connectivity index (χ2n) is 6.32. The van der Waals surface area contributed by atoms with Crippen molar-refractivity contribution in [1.82, 2.24) is 10.2 Å². The van der Waals surface area contributed by atoms with Crippen LogP contribution >= 0.6 is 0 Å². The molecule has 6 nitrogen and oxygen atoms in total. The van der Waals surface area contributed by atoms with E-state index in [0.717, 1.165) is 24.2 Å². The lowest BCUT2D eigenvalue weighted by molar-refractivity contribution is -0.143. The molecule has 1 fully saturated rings. The van der Waals surface area contributed by atoms with E-state index in [-0.39, 0.29) is 18.4 Å². The van der Waals surface area contributed by atoms with Crippen molar-refractivity contribution < 1.29 is 19.1 Å². The lowest BCUT2D eigenvalue weighted by Crippen LogP contribution is -2.55. The van der Waals surface area contributed by atoms with E-state index in [0.29, 0.717) is 19.7 Å². The number of likely N-dealkylation sites (tertiary alicyclic amines) is 1. The quantitative estimate of drug-likeness (QED) is 0.856. The summed E-state index contributed by atoms with van der Waals surface area (Å²) in [6.45, 7) is 4.97. The lowest BCUT2D eigenvalue weighted by atomic mass is 9.93. The first kappa shape index (κ1) is 18.3. The first-order chi connectivity index (χ1) is 11.4. The van der Waals surface area contributed by atoms with E-state index < -0.39 is 5.60 Å². The number of hydrogen-bond acceptors (Lipinski definition) is 4. The number of nitrogens with one attached hydrogen (secondary N) is 1. The zero-order valence-corrected chi connectivity index (χ0v) is 14.6. The molecule has 132 valence electrons. The van der Waals surface area contributed by atoms with Crippen LogP contribution in [0.1, 0.15) is 25.3 Å². The maximum atomic E-state index is 12.2. The third kappa shape index (κ3) is 4.96. The topological polar surface area (TPSA) is 67.9 Å². The summed E-state index contributed by atoms with van der Waals surface area (Å²) in [6, 6.07) is 7.86. The molecule has 0 spiro atoms. The summed E-state index contributed by atoms with van der Waals surface area (Å²) in [5, 5.41) is 2.55. The minimum absolute atomic E-state index is 0.0217. The molecular weight excluding hydrogens is 308 g/mol. The molecule has 1 heterocycles. The maximum absolute atomic E-state index is 12.2. The average Bonchev–Trinajstić information content (AvgIpc) is 2.58. The summed E-state index contributed by atoms with van der Waals surface area (Å²) in [5.41, 5.74) is 0.614. The fraction of sp³-hybridized carbons (Fsp3) is 0.556.